The van der Waals surface area contributed by atoms with Crippen LogP contribution in [0.15, 0.2) is 47.5 Å². The summed E-state index contributed by atoms with van der Waals surface area (Å²) >= 11 is 0. The Morgan fingerprint density at radius 1 is 1.20 bits per heavy atom. The fraction of sp³-hybridized carbons (Fsp3) is 0.429. The molecular weight excluding hydrogens is 406 g/mol. The SMILES string of the molecule is CCOC(=O)c1cc(S(=O)(=O)N2CCC[C@@H]2C(=O)N(CC)c2ccccc2)cn1C. The minimum Gasteiger partial charge on any atom is -0.461 e. The molecule has 1 fully saturated rings. The molecular formula is C21H27N3O5S. The van der Waals surface area contributed by atoms with Crippen molar-refractivity contribution in [3.63, 3.8) is 0 Å². The second-order valence-electron chi connectivity index (χ2n) is 7.08. The van der Waals surface area contributed by atoms with E-state index in [4.69, 9.17) is 4.74 Å². The average molecular weight is 434 g/mol. The van der Waals surface area contributed by atoms with E-state index in [0.29, 0.717) is 19.4 Å². The van der Waals surface area contributed by atoms with E-state index in [1.54, 1.807) is 18.9 Å². The van der Waals surface area contributed by atoms with Crippen LogP contribution in [0, 0.1) is 0 Å². The Balaban J connectivity index is 1.90. The smallest absolute Gasteiger partial charge is 0.354 e. The van der Waals surface area contributed by atoms with Crippen LogP contribution in [0.2, 0.25) is 0 Å². The van der Waals surface area contributed by atoms with Crippen molar-refractivity contribution in [1.82, 2.24) is 8.87 Å². The highest BCUT2D eigenvalue weighted by molar-refractivity contribution is 7.89. The first-order valence-corrected chi connectivity index (χ1v) is 11.5. The van der Waals surface area contributed by atoms with Crippen molar-refractivity contribution in [2.75, 3.05) is 24.6 Å². The van der Waals surface area contributed by atoms with E-state index in [9.17, 15) is 18.0 Å². The van der Waals surface area contributed by atoms with Gasteiger partial charge in [0.15, 0.2) is 0 Å². The van der Waals surface area contributed by atoms with Gasteiger partial charge in [0.2, 0.25) is 15.9 Å². The molecule has 1 aromatic carbocycles. The molecule has 0 radical (unpaired) electrons. The number of amides is 1. The van der Waals surface area contributed by atoms with Crippen LogP contribution >= 0.6 is 0 Å². The van der Waals surface area contributed by atoms with Gasteiger partial charge in [-0.1, -0.05) is 18.2 Å². The summed E-state index contributed by atoms with van der Waals surface area (Å²) in [5.74, 6) is -0.831. The standard InChI is InChI=1S/C21H27N3O5S/c1-4-23(16-10-7-6-8-11-16)20(25)18-12-9-13-24(18)30(27,28)17-14-19(22(3)15-17)21(26)29-5-2/h6-8,10-11,14-15,18H,4-5,9,12-13H2,1-3H3/t18-/m1/s1. The number of hydrogen-bond donors (Lipinski definition) is 0. The van der Waals surface area contributed by atoms with Gasteiger partial charge in [-0.3, -0.25) is 4.79 Å². The first-order valence-electron chi connectivity index (χ1n) is 10.0. The molecule has 2 heterocycles. The third-order valence-corrected chi connectivity index (χ3v) is 7.08. The third kappa shape index (κ3) is 4.13. The highest BCUT2D eigenvalue weighted by atomic mass is 32.2. The minimum absolute atomic E-state index is 0.0180. The molecule has 0 saturated carbocycles. The fourth-order valence-corrected chi connectivity index (χ4v) is 5.47. The molecule has 162 valence electrons. The zero-order valence-electron chi connectivity index (χ0n) is 17.4. The van der Waals surface area contributed by atoms with Crippen LogP contribution in [0.3, 0.4) is 0 Å². The van der Waals surface area contributed by atoms with E-state index in [0.717, 1.165) is 5.69 Å². The Morgan fingerprint density at radius 2 is 1.90 bits per heavy atom. The number of aromatic nitrogens is 1. The predicted octanol–water partition coefficient (Wildman–Crippen LogP) is 2.41. The maximum Gasteiger partial charge on any atom is 0.354 e. The van der Waals surface area contributed by atoms with Crippen LogP contribution in [-0.4, -0.2) is 54.9 Å². The maximum absolute atomic E-state index is 13.3. The number of rotatable bonds is 7. The van der Waals surface area contributed by atoms with Crippen molar-refractivity contribution >= 4 is 27.6 Å². The fourth-order valence-electron chi connectivity index (χ4n) is 3.75. The second-order valence-corrected chi connectivity index (χ2v) is 8.97. The van der Waals surface area contributed by atoms with E-state index in [-0.39, 0.29) is 29.6 Å². The highest BCUT2D eigenvalue weighted by Crippen LogP contribution is 2.29. The first kappa shape index (κ1) is 22.0. The number of aryl methyl sites for hydroxylation is 1. The van der Waals surface area contributed by atoms with Crippen LogP contribution in [0.4, 0.5) is 5.69 Å². The van der Waals surface area contributed by atoms with Gasteiger partial charge >= 0.3 is 5.97 Å². The summed E-state index contributed by atoms with van der Waals surface area (Å²) in [7, 11) is -2.36. The molecule has 1 aliphatic rings. The van der Waals surface area contributed by atoms with Crippen LogP contribution in [0.5, 0.6) is 0 Å². The number of nitrogens with zero attached hydrogens (tertiary/aromatic N) is 3. The largest absolute Gasteiger partial charge is 0.461 e. The molecule has 0 N–H and O–H groups in total. The Kier molecular flexibility index (Phi) is 6.62. The molecule has 2 aromatic rings. The van der Waals surface area contributed by atoms with Crippen molar-refractivity contribution < 1.29 is 22.7 Å². The molecule has 1 saturated heterocycles. The van der Waals surface area contributed by atoms with Crippen molar-refractivity contribution in [3.8, 4) is 0 Å². The Morgan fingerprint density at radius 3 is 2.53 bits per heavy atom. The average Bonchev–Trinajstić information content (AvgIpc) is 3.37. The van der Waals surface area contributed by atoms with Gasteiger partial charge in [-0.15, -0.1) is 0 Å². The molecule has 0 bridgehead atoms. The number of sulfonamides is 1. The van der Waals surface area contributed by atoms with Gasteiger partial charge in [-0.05, 0) is 44.9 Å². The van der Waals surface area contributed by atoms with Crippen LogP contribution in [0.25, 0.3) is 0 Å². The lowest BCUT2D eigenvalue weighted by molar-refractivity contribution is -0.121. The Labute approximate surface area is 177 Å². The molecule has 30 heavy (non-hydrogen) atoms. The number of ether oxygens (including phenoxy) is 1. The summed E-state index contributed by atoms with van der Waals surface area (Å²) < 4.78 is 34.3. The summed E-state index contributed by atoms with van der Waals surface area (Å²) in [6, 6.07) is 9.74. The monoisotopic (exact) mass is 433 g/mol. The number of esters is 1. The topological polar surface area (TPSA) is 88.9 Å². The summed E-state index contributed by atoms with van der Waals surface area (Å²) in [6.45, 7) is 4.44. The van der Waals surface area contributed by atoms with E-state index >= 15 is 0 Å². The lowest BCUT2D eigenvalue weighted by Crippen LogP contribution is -2.47. The molecule has 1 aliphatic heterocycles. The Bertz CT molecular complexity index is 1020. The molecule has 1 atom stereocenters. The molecule has 1 aromatic heterocycles. The number of anilines is 1. The quantitative estimate of drug-likeness (QED) is 0.626. The van der Waals surface area contributed by atoms with E-state index in [1.807, 2.05) is 37.3 Å². The molecule has 8 nitrogen and oxygen atoms in total. The normalized spacial score (nSPS) is 17.1. The van der Waals surface area contributed by atoms with Crippen molar-refractivity contribution in [2.24, 2.45) is 7.05 Å². The number of carbonyl (C=O) groups is 2. The first-order chi connectivity index (χ1) is 14.3. The third-order valence-electron chi connectivity index (χ3n) is 5.21. The van der Waals surface area contributed by atoms with Gasteiger partial charge in [0, 0.05) is 32.0 Å². The van der Waals surface area contributed by atoms with Gasteiger partial charge in [-0.25, -0.2) is 13.2 Å². The second kappa shape index (κ2) is 9.01. The highest BCUT2D eigenvalue weighted by Gasteiger charge is 2.42. The van der Waals surface area contributed by atoms with Crippen LogP contribution in [0.1, 0.15) is 37.2 Å². The van der Waals surface area contributed by atoms with Gasteiger partial charge in [0.05, 0.1) is 6.61 Å². The zero-order valence-corrected chi connectivity index (χ0v) is 18.3. The predicted molar refractivity (Wildman–Crippen MR) is 113 cm³/mol. The number of likely N-dealkylation sites (N-methyl/N-ethyl adjacent to an activating group) is 1. The lowest BCUT2D eigenvalue weighted by Gasteiger charge is -2.29. The summed E-state index contributed by atoms with van der Waals surface area (Å²) in [5.41, 5.74) is 0.885. The summed E-state index contributed by atoms with van der Waals surface area (Å²) in [5, 5.41) is 0. The molecule has 0 unspecified atom stereocenters. The molecule has 0 aliphatic carbocycles. The van der Waals surface area contributed by atoms with Gasteiger partial charge in [0.1, 0.15) is 16.6 Å². The molecule has 1 amide bonds. The van der Waals surface area contributed by atoms with Crippen LogP contribution in [-0.2, 0) is 26.6 Å². The van der Waals surface area contributed by atoms with Crippen molar-refractivity contribution in [2.45, 2.75) is 37.6 Å². The zero-order chi connectivity index (χ0) is 21.9. The number of carbonyl (C=O) groups excluding carboxylic acids is 2. The van der Waals surface area contributed by atoms with E-state index in [1.165, 1.54) is 21.1 Å². The molecule has 3 rings (SSSR count). The van der Waals surface area contributed by atoms with E-state index in [2.05, 4.69) is 0 Å². The molecule has 0 spiro atoms. The van der Waals surface area contributed by atoms with Gasteiger partial charge < -0.3 is 14.2 Å². The summed E-state index contributed by atoms with van der Waals surface area (Å²) in [4.78, 5) is 26.9. The lowest BCUT2D eigenvalue weighted by atomic mass is 10.2. The molecule has 9 heteroatoms. The number of para-hydroxylation sites is 1. The maximum atomic E-state index is 13.3. The van der Waals surface area contributed by atoms with Gasteiger partial charge in [0.25, 0.3) is 0 Å². The van der Waals surface area contributed by atoms with Crippen molar-refractivity contribution in [3.05, 3.63) is 48.3 Å². The number of benzene rings is 1. The van der Waals surface area contributed by atoms with Crippen molar-refractivity contribution in [1.29, 1.82) is 0 Å². The van der Waals surface area contributed by atoms with Crippen LogP contribution < -0.4 is 4.90 Å². The Hall–Kier alpha value is -2.65. The minimum atomic E-state index is -3.95. The van der Waals surface area contributed by atoms with Gasteiger partial charge in [-0.2, -0.15) is 4.31 Å². The van der Waals surface area contributed by atoms with E-state index < -0.39 is 22.0 Å². The number of hydrogen-bond acceptors (Lipinski definition) is 5. The summed E-state index contributed by atoms with van der Waals surface area (Å²) in [6.07, 6.45) is 2.44.